The predicted octanol–water partition coefficient (Wildman–Crippen LogP) is 3.17. The Balaban J connectivity index is 1.32. The van der Waals surface area contributed by atoms with Crippen molar-refractivity contribution in [3.05, 3.63) is 36.0 Å². The minimum Gasteiger partial charge on any atom is -0.361 e. The Morgan fingerprint density at radius 3 is 2.55 bits per heavy atom. The van der Waals surface area contributed by atoms with E-state index in [-0.39, 0.29) is 17.9 Å². The van der Waals surface area contributed by atoms with E-state index >= 15 is 0 Å². The number of H-pyrrole nitrogens is 1. The Hall–Kier alpha value is -2.85. The fourth-order valence-corrected chi connectivity index (χ4v) is 5.32. The first kappa shape index (κ1) is 23.3. The molecule has 2 aromatic rings. The van der Waals surface area contributed by atoms with Gasteiger partial charge in [0.25, 0.3) is 0 Å². The number of benzene rings is 1. The van der Waals surface area contributed by atoms with Gasteiger partial charge in [0.1, 0.15) is 5.54 Å². The molecule has 2 aliphatic rings. The van der Waals surface area contributed by atoms with Crippen molar-refractivity contribution < 1.29 is 9.59 Å². The first-order valence-electron chi connectivity index (χ1n) is 12.1. The second-order valence-electron chi connectivity index (χ2n) is 9.85. The van der Waals surface area contributed by atoms with Crippen molar-refractivity contribution in [1.29, 1.82) is 5.26 Å². The highest BCUT2D eigenvalue weighted by atomic mass is 16.2. The SMILES string of the molecule is CC1CCC(C#N)(N(C)C(=O)C(C)N2CCN(C(=O)Cc3c[nH]c4ccccc34)CC2)CC1. The maximum Gasteiger partial charge on any atom is 0.240 e. The van der Waals surface area contributed by atoms with Gasteiger partial charge in [-0.25, -0.2) is 0 Å². The third-order valence-electron chi connectivity index (χ3n) is 7.87. The van der Waals surface area contributed by atoms with Gasteiger partial charge >= 0.3 is 0 Å². The Kier molecular flexibility index (Phi) is 6.76. The molecule has 0 bridgehead atoms. The van der Waals surface area contributed by atoms with Crippen molar-refractivity contribution in [2.45, 2.75) is 57.5 Å². The lowest BCUT2D eigenvalue weighted by atomic mass is 9.77. The second kappa shape index (κ2) is 9.56. The molecular formula is C26H35N5O2. The summed E-state index contributed by atoms with van der Waals surface area (Å²) in [7, 11) is 1.79. The lowest BCUT2D eigenvalue weighted by molar-refractivity contribution is -0.142. The monoisotopic (exact) mass is 449 g/mol. The van der Waals surface area contributed by atoms with E-state index < -0.39 is 5.54 Å². The van der Waals surface area contributed by atoms with E-state index in [2.05, 4.69) is 22.9 Å². The number of rotatable bonds is 5. The van der Waals surface area contributed by atoms with Crippen LogP contribution in [-0.4, -0.2) is 76.3 Å². The van der Waals surface area contributed by atoms with Crippen LogP contribution in [0.25, 0.3) is 10.9 Å². The van der Waals surface area contributed by atoms with Crippen molar-refractivity contribution in [2.24, 2.45) is 5.92 Å². The molecule has 33 heavy (non-hydrogen) atoms. The maximum atomic E-state index is 13.3. The molecule has 0 spiro atoms. The molecule has 1 aromatic heterocycles. The van der Waals surface area contributed by atoms with Gasteiger partial charge in [-0.2, -0.15) is 5.26 Å². The fourth-order valence-electron chi connectivity index (χ4n) is 5.32. The van der Waals surface area contributed by atoms with Crippen LogP contribution in [0, 0.1) is 17.2 Å². The number of fused-ring (bicyclic) bond motifs is 1. The maximum absolute atomic E-state index is 13.3. The summed E-state index contributed by atoms with van der Waals surface area (Å²) >= 11 is 0. The lowest BCUT2D eigenvalue weighted by Gasteiger charge is -2.44. The average Bonchev–Trinajstić information content (AvgIpc) is 3.26. The Labute approximate surface area is 196 Å². The summed E-state index contributed by atoms with van der Waals surface area (Å²) in [4.78, 5) is 35.2. The topological polar surface area (TPSA) is 83.4 Å². The van der Waals surface area contributed by atoms with Crippen molar-refractivity contribution >= 4 is 22.7 Å². The number of para-hydroxylation sites is 1. The van der Waals surface area contributed by atoms with Crippen molar-refractivity contribution in [3.8, 4) is 6.07 Å². The van der Waals surface area contributed by atoms with Gasteiger partial charge in [-0.15, -0.1) is 0 Å². The first-order chi connectivity index (χ1) is 15.8. The van der Waals surface area contributed by atoms with Gasteiger partial charge in [0.05, 0.1) is 18.5 Å². The van der Waals surface area contributed by atoms with Crippen LogP contribution >= 0.6 is 0 Å². The van der Waals surface area contributed by atoms with Crippen LogP contribution in [0.3, 0.4) is 0 Å². The normalized spacial score (nSPS) is 24.9. The van der Waals surface area contributed by atoms with Crippen molar-refractivity contribution in [2.75, 3.05) is 33.2 Å². The fraction of sp³-hybridized carbons (Fsp3) is 0.577. The number of likely N-dealkylation sites (N-methyl/N-ethyl adjacent to an activating group) is 1. The molecule has 1 saturated carbocycles. The molecule has 176 valence electrons. The first-order valence-corrected chi connectivity index (χ1v) is 12.1. The number of hydrogen-bond donors (Lipinski definition) is 1. The quantitative estimate of drug-likeness (QED) is 0.760. The molecule has 1 atom stereocenters. The van der Waals surface area contributed by atoms with E-state index in [0.717, 1.165) is 42.1 Å². The van der Waals surface area contributed by atoms with E-state index in [1.807, 2.05) is 42.3 Å². The molecule has 2 heterocycles. The summed E-state index contributed by atoms with van der Waals surface area (Å²) in [6, 6.07) is 10.2. The van der Waals surface area contributed by atoms with Crippen LogP contribution in [-0.2, 0) is 16.0 Å². The number of carbonyl (C=O) groups excluding carboxylic acids is 2. The smallest absolute Gasteiger partial charge is 0.240 e. The zero-order valence-electron chi connectivity index (χ0n) is 20.0. The predicted molar refractivity (Wildman–Crippen MR) is 128 cm³/mol. The Morgan fingerprint density at radius 1 is 1.21 bits per heavy atom. The molecule has 0 radical (unpaired) electrons. The van der Waals surface area contributed by atoms with Gasteiger partial charge in [0.2, 0.25) is 11.8 Å². The van der Waals surface area contributed by atoms with Crippen LogP contribution in [0.5, 0.6) is 0 Å². The molecule has 7 nitrogen and oxygen atoms in total. The highest BCUT2D eigenvalue weighted by Gasteiger charge is 2.42. The zero-order chi connectivity index (χ0) is 23.6. The number of hydrogen-bond acceptors (Lipinski definition) is 4. The number of nitrogens with one attached hydrogen (secondary N) is 1. The summed E-state index contributed by atoms with van der Waals surface area (Å²) in [5.41, 5.74) is 1.38. The van der Waals surface area contributed by atoms with Gasteiger partial charge in [-0.3, -0.25) is 14.5 Å². The Bertz CT molecular complexity index is 1040. The lowest BCUT2D eigenvalue weighted by Crippen LogP contribution is -2.59. The standard InChI is InChI=1S/C26H35N5O2/c1-19-8-10-26(18-27,11-9-19)29(3)25(33)20(2)30-12-14-31(15-13-30)24(32)16-21-17-28-23-7-5-4-6-22(21)23/h4-7,17,19-20,28H,8-16H2,1-3H3. The van der Waals surface area contributed by atoms with Crippen molar-refractivity contribution in [1.82, 2.24) is 19.7 Å². The number of aromatic nitrogens is 1. The van der Waals surface area contributed by atoms with E-state index in [1.54, 1.807) is 11.9 Å². The molecule has 1 aromatic carbocycles. The molecule has 1 aliphatic carbocycles. The van der Waals surface area contributed by atoms with Gasteiger partial charge in [0, 0.05) is 50.3 Å². The average molecular weight is 450 g/mol. The summed E-state index contributed by atoms with van der Waals surface area (Å²) in [6.45, 7) is 6.70. The van der Waals surface area contributed by atoms with Gasteiger partial charge in [-0.1, -0.05) is 25.1 Å². The highest BCUT2D eigenvalue weighted by molar-refractivity contribution is 5.89. The number of nitrogens with zero attached hydrogens (tertiary/aromatic N) is 4. The van der Waals surface area contributed by atoms with Gasteiger partial charge in [-0.05, 0) is 50.2 Å². The third-order valence-corrected chi connectivity index (χ3v) is 7.87. The van der Waals surface area contributed by atoms with Crippen LogP contribution in [0.2, 0.25) is 0 Å². The van der Waals surface area contributed by atoms with E-state index in [9.17, 15) is 14.9 Å². The van der Waals surface area contributed by atoms with Crippen LogP contribution < -0.4 is 0 Å². The molecule has 1 aliphatic heterocycles. The molecule has 7 heteroatoms. The molecule has 4 rings (SSSR count). The number of amides is 2. The van der Waals surface area contributed by atoms with Crippen LogP contribution in [0.4, 0.5) is 0 Å². The molecule has 2 amide bonds. The Morgan fingerprint density at radius 2 is 1.88 bits per heavy atom. The molecule has 1 unspecified atom stereocenters. The molecule has 1 saturated heterocycles. The zero-order valence-corrected chi connectivity index (χ0v) is 20.0. The number of piperazine rings is 1. The van der Waals surface area contributed by atoms with E-state index in [4.69, 9.17) is 0 Å². The number of aromatic amines is 1. The summed E-state index contributed by atoms with van der Waals surface area (Å²) in [5, 5.41) is 11.0. The minimum atomic E-state index is -0.686. The summed E-state index contributed by atoms with van der Waals surface area (Å²) < 4.78 is 0. The van der Waals surface area contributed by atoms with Crippen molar-refractivity contribution in [3.63, 3.8) is 0 Å². The third kappa shape index (κ3) is 4.63. The van der Waals surface area contributed by atoms with E-state index in [0.29, 0.717) is 38.5 Å². The van der Waals surface area contributed by atoms with Gasteiger partial charge in [0.15, 0.2) is 0 Å². The highest BCUT2D eigenvalue weighted by Crippen LogP contribution is 2.36. The largest absolute Gasteiger partial charge is 0.361 e. The van der Waals surface area contributed by atoms with Gasteiger partial charge < -0.3 is 14.8 Å². The van der Waals surface area contributed by atoms with Crippen LogP contribution in [0.1, 0.15) is 45.1 Å². The van der Waals surface area contributed by atoms with E-state index in [1.165, 1.54) is 0 Å². The molecular weight excluding hydrogens is 414 g/mol. The number of nitriles is 1. The van der Waals surface area contributed by atoms with Crippen LogP contribution in [0.15, 0.2) is 30.5 Å². The minimum absolute atomic E-state index is 0.00433. The second-order valence-corrected chi connectivity index (χ2v) is 9.85. The summed E-state index contributed by atoms with van der Waals surface area (Å²) in [6.07, 6.45) is 5.76. The summed E-state index contributed by atoms with van der Waals surface area (Å²) in [5.74, 6) is 0.738. The molecule has 1 N–H and O–H groups in total. The molecule has 2 fully saturated rings. The number of carbonyl (C=O) groups is 2.